The van der Waals surface area contributed by atoms with Crippen LogP contribution in [0.2, 0.25) is 0 Å². The number of nitrogens with zero attached hydrogens (tertiary/aromatic N) is 2. The van der Waals surface area contributed by atoms with Gasteiger partial charge in [-0.1, -0.05) is 79.4 Å². The van der Waals surface area contributed by atoms with Crippen LogP contribution >= 0.6 is 0 Å². The number of rotatable bonds is 10. The zero-order valence-electron chi connectivity index (χ0n) is 22.9. The van der Waals surface area contributed by atoms with Crippen LogP contribution in [0.4, 0.5) is 10.1 Å². The molecule has 1 fully saturated rings. The first kappa shape index (κ1) is 29.3. The van der Waals surface area contributed by atoms with E-state index in [1.54, 1.807) is 19.1 Å². The van der Waals surface area contributed by atoms with Crippen LogP contribution in [-0.4, -0.2) is 43.8 Å². The van der Waals surface area contributed by atoms with Crippen LogP contribution in [0.15, 0.2) is 83.8 Å². The molecule has 212 valence electrons. The molecule has 1 saturated carbocycles. The highest BCUT2D eigenvalue weighted by Crippen LogP contribution is 2.27. The van der Waals surface area contributed by atoms with Crippen molar-refractivity contribution in [2.75, 3.05) is 10.8 Å². The Morgan fingerprint density at radius 1 is 0.925 bits per heavy atom. The number of para-hydroxylation sites is 1. The van der Waals surface area contributed by atoms with E-state index >= 15 is 4.39 Å². The summed E-state index contributed by atoms with van der Waals surface area (Å²) in [6.07, 6.45) is 5.00. The largest absolute Gasteiger partial charge is 0.352 e. The molecule has 0 saturated heterocycles. The molecule has 0 radical (unpaired) electrons. The van der Waals surface area contributed by atoms with Gasteiger partial charge in [-0.3, -0.25) is 13.9 Å². The maximum atomic E-state index is 15.0. The first-order valence-corrected chi connectivity index (χ1v) is 15.1. The standard InChI is InChI=1S/C31H36FN3O4S/c1-23-17-19-27(20-18-23)40(38,39)35(29-16-10-9-15-28(29)32)22-30(36)34(21-25-11-5-3-6-12-25)24(2)31(37)33-26-13-7-4-8-14-26/h3,5-6,9-12,15-20,24,26H,4,7-8,13-14,21-22H2,1-2H3,(H,33,37)/t24-/m0/s1. The lowest BCUT2D eigenvalue weighted by molar-refractivity contribution is -0.139. The lowest BCUT2D eigenvalue weighted by atomic mass is 9.95. The van der Waals surface area contributed by atoms with Crippen molar-refractivity contribution in [1.82, 2.24) is 10.2 Å². The molecule has 40 heavy (non-hydrogen) atoms. The Kier molecular flexibility index (Phi) is 9.58. The molecule has 3 aromatic rings. The second-order valence-electron chi connectivity index (χ2n) is 10.3. The first-order chi connectivity index (χ1) is 19.2. The van der Waals surface area contributed by atoms with Crippen molar-refractivity contribution in [2.24, 2.45) is 0 Å². The van der Waals surface area contributed by atoms with Crippen LogP contribution in [0, 0.1) is 12.7 Å². The monoisotopic (exact) mass is 565 g/mol. The minimum absolute atomic E-state index is 0.0502. The molecule has 0 bridgehead atoms. The van der Waals surface area contributed by atoms with Gasteiger partial charge in [-0.2, -0.15) is 0 Å². The predicted molar refractivity (Wildman–Crippen MR) is 154 cm³/mol. The molecule has 1 aliphatic rings. The molecule has 1 atom stereocenters. The van der Waals surface area contributed by atoms with Crippen molar-refractivity contribution in [3.63, 3.8) is 0 Å². The predicted octanol–water partition coefficient (Wildman–Crippen LogP) is 5.20. The number of amides is 2. The first-order valence-electron chi connectivity index (χ1n) is 13.6. The van der Waals surface area contributed by atoms with E-state index in [1.165, 1.54) is 35.2 Å². The van der Waals surface area contributed by atoms with Crippen LogP contribution in [-0.2, 0) is 26.2 Å². The van der Waals surface area contributed by atoms with Gasteiger partial charge in [0.2, 0.25) is 11.8 Å². The molecule has 3 aromatic carbocycles. The zero-order valence-corrected chi connectivity index (χ0v) is 23.7. The quantitative estimate of drug-likeness (QED) is 0.366. The zero-order chi connectivity index (χ0) is 28.7. The van der Waals surface area contributed by atoms with E-state index < -0.39 is 34.3 Å². The molecule has 1 aliphatic carbocycles. The number of carbonyl (C=O) groups excluding carboxylic acids is 2. The molecule has 0 unspecified atom stereocenters. The summed E-state index contributed by atoms with van der Waals surface area (Å²) in [5.41, 5.74) is 1.40. The molecule has 0 heterocycles. The molecule has 1 N–H and O–H groups in total. The minimum atomic E-state index is -4.32. The van der Waals surface area contributed by atoms with Gasteiger partial charge in [-0.05, 0) is 56.5 Å². The Morgan fingerprint density at radius 3 is 2.20 bits per heavy atom. The number of carbonyl (C=O) groups is 2. The number of hydrogen-bond donors (Lipinski definition) is 1. The van der Waals surface area contributed by atoms with Crippen LogP contribution in [0.25, 0.3) is 0 Å². The second-order valence-corrected chi connectivity index (χ2v) is 12.2. The topological polar surface area (TPSA) is 86.8 Å². The number of halogens is 1. The number of aryl methyl sites for hydroxylation is 1. The minimum Gasteiger partial charge on any atom is -0.352 e. The van der Waals surface area contributed by atoms with Gasteiger partial charge in [0.25, 0.3) is 10.0 Å². The third kappa shape index (κ3) is 7.07. The molecular weight excluding hydrogens is 529 g/mol. The maximum Gasteiger partial charge on any atom is 0.264 e. The number of sulfonamides is 1. The van der Waals surface area contributed by atoms with E-state index in [0.29, 0.717) is 0 Å². The lowest BCUT2D eigenvalue weighted by Gasteiger charge is -2.33. The third-order valence-corrected chi connectivity index (χ3v) is 9.10. The van der Waals surface area contributed by atoms with E-state index in [4.69, 9.17) is 0 Å². The summed E-state index contributed by atoms with van der Waals surface area (Å²) < 4.78 is 43.4. The summed E-state index contributed by atoms with van der Waals surface area (Å²) in [7, 11) is -4.32. The van der Waals surface area contributed by atoms with Crippen LogP contribution in [0.3, 0.4) is 0 Å². The summed E-state index contributed by atoms with van der Waals surface area (Å²) >= 11 is 0. The maximum absolute atomic E-state index is 15.0. The van der Waals surface area contributed by atoms with Gasteiger partial charge >= 0.3 is 0 Å². The molecule has 0 aliphatic heterocycles. The highest BCUT2D eigenvalue weighted by molar-refractivity contribution is 7.92. The summed E-state index contributed by atoms with van der Waals surface area (Å²) in [6, 6.07) is 20.0. The van der Waals surface area contributed by atoms with Gasteiger partial charge in [-0.15, -0.1) is 0 Å². The van der Waals surface area contributed by atoms with Gasteiger partial charge in [0.1, 0.15) is 18.4 Å². The van der Waals surface area contributed by atoms with Crippen LogP contribution < -0.4 is 9.62 Å². The van der Waals surface area contributed by atoms with Crippen molar-refractivity contribution in [3.05, 3.63) is 95.8 Å². The average molecular weight is 566 g/mol. The second kappa shape index (κ2) is 13.1. The van der Waals surface area contributed by atoms with Crippen molar-refractivity contribution < 1.29 is 22.4 Å². The Bertz CT molecular complexity index is 1410. The van der Waals surface area contributed by atoms with E-state index in [-0.39, 0.29) is 29.1 Å². The number of hydrogen-bond acceptors (Lipinski definition) is 4. The molecule has 7 nitrogen and oxygen atoms in total. The van der Waals surface area contributed by atoms with E-state index in [9.17, 15) is 18.0 Å². The molecular formula is C31H36FN3O4S. The van der Waals surface area contributed by atoms with Crippen molar-refractivity contribution >= 4 is 27.5 Å². The van der Waals surface area contributed by atoms with Gasteiger partial charge in [0, 0.05) is 12.6 Å². The SMILES string of the molecule is Cc1ccc(S(=O)(=O)N(CC(=O)N(Cc2ccccc2)[C@@H](C)C(=O)NC2CCCCC2)c2ccccc2F)cc1. The van der Waals surface area contributed by atoms with E-state index in [2.05, 4.69) is 5.32 Å². The lowest BCUT2D eigenvalue weighted by Crippen LogP contribution is -2.53. The Balaban J connectivity index is 1.67. The summed E-state index contributed by atoms with van der Waals surface area (Å²) in [4.78, 5) is 28.5. The van der Waals surface area contributed by atoms with E-state index in [0.717, 1.165) is 53.6 Å². The fourth-order valence-electron chi connectivity index (χ4n) is 4.94. The summed E-state index contributed by atoms with van der Waals surface area (Å²) in [6.45, 7) is 2.89. The molecule has 2 amide bonds. The van der Waals surface area contributed by atoms with E-state index in [1.807, 2.05) is 37.3 Å². The molecule has 9 heteroatoms. The number of anilines is 1. The van der Waals surface area contributed by atoms with Gasteiger partial charge in [0.15, 0.2) is 0 Å². The average Bonchev–Trinajstić information content (AvgIpc) is 2.96. The molecule has 0 spiro atoms. The molecule has 4 rings (SSSR count). The van der Waals surface area contributed by atoms with Gasteiger partial charge < -0.3 is 10.2 Å². The van der Waals surface area contributed by atoms with Gasteiger partial charge in [-0.25, -0.2) is 12.8 Å². The van der Waals surface area contributed by atoms with Crippen molar-refractivity contribution in [3.8, 4) is 0 Å². The van der Waals surface area contributed by atoms with Gasteiger partial charge in [0.05, 0.1) is 10.6 Å². The Labute approximate surface area is 236 Å². The Morgan fingerprint density at radius 2 is 1.55 bits per heavy atom. The highest BCUT2D eigenvalue weighted by atomic mass is 32.2. The van der Waals surface area contributed by atoms with Crippen LogP contribution in [0.5, 0.6) is 0 Å². The van der Waals surface area contributed by atoms with Crippen LogP contribution in [0.1, 0.15) is 50.2 Å². The third-order valence-electron chi connectivity index (χ3n) is 7.32. The fourth-order valence-corrected chi connectivity index (χ4v) is 6.36. The Hall–Kier alpha value is -3.72. The normalized spacial score (nSPS) is 14.8. The number of benzene rings is 3. The van der Waals surface area contributed by atoms with Crippen molar-refractivity contribution in [2.45, 2.75) is 69.5 Å². The fraction of sp³-hybridized carbons (Fsp3) is 0.355. The summed E-state index contributed by atoms with van der Waals surface area (Å²) in [5.74, 6) is -1.69. The number of nitrogens with one attached hydrogen (secondary N) is 1. The smallest absolute Gasteiger partial charge is 0.264 e. The highest BCUT2D eigenvalue weighted by Gasteiger charge is 2.34. The molecule has 0 aromatic heterocycles. The summed E-state index contributed by atoms with van der Waals surface area (Å²) in [5, 5.41) is 3.07. The van der Waals surface area contributed by atoms with Crippen molar-refractivity contribution in [1.29, 1.82) is 0 Å².